The average Bonchev–Trinajstić information content (AvgIpc) is 3.15. The molecule has 1 aromatic heterocycles. The largest absolute Gasteiger partial charge is 0.488 e. The number of aliphatic hydroxyl groups excluding tert-OH is 1. The molecule has 3 aromatic rings. The van der Waals surface area contributed by atoms with E-state index >= 15 is 0 Å². The molecule has 4 rings (SSSR count). The summed E-state index contributed by atoms with van der Waals surface area (Å²) in [6, 6.07) is 15.5. The number of rotatable bonds is 8. The molecule has 0 unspecified atom stereocenters. The summed E-state index contributed by atoms with van der Waals surface area (Å²) in [5, 5.41) is 16.6. The molecule has 7 heteroatoms. The monoisotopic (exact) mass is 449 g/mol. The van der Waals surface area contributed by atoms with Crippen LogP contribution in [0.5, 0.6) is 5.75 Å². The van der Waals surface area contributed by atoms with Crippen LogP contribution in [0.25, 0.3) is 0 Å². The summed E-state index contributed by atoms with van der Waals surface area (Å²) in [4.78, 5) is 15.2. The highest BCUT2D eigenvalue weighted by Gasteiger charge is 2.17. The molecule has 1 saturated heterocycles. The van der Waals surface area contributed by atoms with E-state index in [1.54, 1.807) is 12.1 Å². The first-order valence-electron chi connectivity index (χ1n) is 11.4. The third-order valence-electron chi connectivity index (χ3n) is 6.12. The van der Waals surface area contributed by atoms with E-state index in [1.807, 2.05) is 38.1 Å². The summed E-state index contributed by atoms with van der Waals surface area (Å²) < 4.78 is 11.1. The van der Waals surface area contributed by atoms with Gasteiger partial charge in [0.05, 0.1) is 22.9 Å². The predicted octanol–water partition coefficient (Wildman–Crippen LogP) is 3.76. The third kappa shape index (κ3) is 6.00. The lowest BCUT2D eigenvalue weighted by Gasteiger charge is -2.29. The zero-order valence-corrected chi connectivity index (χ0v) is 19.2. The number of aliphatic hydroxyl groups is 1. The SMILES string of the molecule is Cc1noc(C)c1COc1ccccc1C(=O)NCc1ccc(CN2CCC(O)CC2)cc1. The van der Waals surface area contributed by atoms with Crippen molar-refractivity contribution in [1.29, 1.82) is 0 Å². The van der Waals surface area contributed by atoms with Gasteiger partial charge in [0.15, 0.2) is 0 Å². The number of nitrogens with one attached hydrogen (secondary N) is 1. The van der Waals surface area contributed by atoms with E-state index in [2.05, 4.69) is 27.5 Å². The quantitative estimate of drug-likeness (QED) is 0.545. The number of para-hydroxylation sites is 1. The van der Waals surface area contributed by atoms with Crippen LogP contribution in [-0.2, 0) is 19.7 Å². The Morgan fingerprint density at radius 2 is 1.82 bits per heavy atom. The lowest BCUT2D eigenvalue weighted by atomic mass is 10.1. The van der Waals surface area contributed by atoms with Gasteiger partial charge in [-0.1, -0.05) is 41.6 Å². The van der Waals surface area contributed by atoms with Gasteiger partial charge < -0.3 is 19.7 Å². The molecule has 2 aromatic carbocycles. The molecule has 0 atom stereocenters. The third-order valence-corrected chi connectivity index (χ3v) is 6.12. The molecular formula is C26H31N3O4. The summed E-state index contributed by atoms with van der Waals surface area (Å²) in [6.07, 6.45) is 1.53. The molecule has 2 N–H and O–H groups in total. The first-order chi connectivity index (χ1) is 16.0. The number of benzene rings is 2. The minimum atomic E-state index is -0.180. The first kappa shape index (κ1) is 23.0. The number of hydrogen-bond donors (Lipinski definition) is 2. The summed E-state index contributed by atoms with van der Waals surface area (Å²) in [5.74, 6) is 1.06. The number of nitrogens with zero attached hydrogens (tertiary/aromatic N) is 2. The Kier molecular flexibility index (Phi) is 7.42. The molecule has 1 aliphatic heterocycles. The van der Waals surface area contributed by atoms with Crippen molar-refractivity contribution < 1.29 is 19.2 Å². The molecule has 0 saturated carbocycles. The normalized spacial score (nSPS) is 14.9. The number of likely N-dealkylation sites (tertiary alicyclic amines) is 1. The Morgan fingerprint density at radius 3 is 2.52 bits per heavy atom. The van der Waals surface area contributed by atoms with E-state index in [1.165, 1.54) is 5.56 Å². The highest BCUT2D eigenvalue weighted by molar-refractivity contribution is 5.96. The van der Waals surface area contributed by atoms with Crippen molar-refractivity contribution in [3.05, 3.63) is 82.2 Å². The zero-order chi connectivity index (χ0) is 23.2. The molecule has 174 valence electrons. The molecule has 1 fully saturated rings. The Labute approximate surface area is 194 Å². The van der Waals surface area contributed by atoms with Crippen LogP contribution in [0, 0.1) is 13.8 Å². The number of piperidine rings is 1. The van der Waals surface area contributed by atoms with E-state index in [0.29, 0.717) is 24.5 Å². The molecule has 33 heavy (non-hydrogen) atoms. The number of ether oxygens (including phenoxy) is 1. The molecule has 1 amide bonds. The number of aryl methyl sites for hydroxylation is 2. The van der Waals surface area contributed by atoms with Crippen molar-refractivity contribution in [1.82, 2.24) is 15.4 Å². The summed E-state index contributed by atoms with van der Waals surface area (Å²) in [5.41, 5.74) is 4.45. The fourth-order valence-corrected chi connectivity index (χ4v) is 4.01. The second kappa shape index (κ2) is 10.6. The minimum Gasteiger partial charge on any atom is -0.488 e. The fraction of sp³-hybridized carbons (Fsp3) is 0.385. The van der Waals surface area contributed by atoms with Crippen LogP contribution in [-0.4, -0.2) is 40.3 Å². The van der Waals surface area contributed by atoms with Crippen LogP contribution in [0.1, 0.15) is 51.3 Å². The van der Waals surface area contributed by atoms with Gasteiger partial charge in [0.2, 0.25) is 0 Å². The van der Waals surface area contributed by atoms with E-state index in [4.69, 9.17) is 9.26 Å². The van der Waals surface area contributed by atoms with Crippen molar-refractivity contribution in [2.45, 2.75) is 52.5 Å². The van der Waals surface area contributed by atoms with Gasteiger partial charge in [-0.2, -0.15) is 0 Å². The van der Waals surface area contributed by atoms with Crippen molar-refractivity contribution in [2.75, 3.05) is 13.1 Å². The Hall–Kier alpha value is -3.16. The topological polar surface area (TPSA) is 87.8 Å². The van der Waals surface area contributed by atoms with Crippen LogP contribution >= 0.6 is 0 Å². The number of amides is 1. The Bertz CT molecular complexity index is 1050. The highest BCUT2D eigenvalue weighted by Crippen LogP contribution is 2.22. The van der Waals surface area contributed by atoms with Crippen molar-refractivity contribution >= 4 is 5.91 Å². The number of aromatic nitrogens is 1. The molecule has 0 bridgehead atoms. The predicted molar refractivity (Wildman–Crippen MR) is 125 cm³/mol. The number of carbonyl (C=O) groups excluding carboxylic acids is 1. The van der Waals surface area contributed by atoms with Gasteiger partial charge in [-0.05, 0) is 49.9 Å². The number of carbonyl (C=O) groups is 1. The lowest BCUT2D eigenvalue weighted by molar-refractivity contribution is 0.0792. The van der Waals surface area contributed by atoms with E-state index in [-0.39, 0.29) is 12.0 Å². The minimum absolute atomic E-state index is 0.154. The Morgan fingerprint density at radius 1 is 1.12 bits per heavy atom. The van der Waals surface area contributed by atoms with Crippen LogP contribution in [0.3, 0.4) is 0 Å². The second-order valence-electron chi connectivity index (χ2n) is 8.59. The molecule has 1 aliphatic rings. The summed E-state index contributed by atoms with van der Waals surface area (Å²) in [7, 11) is 0. The number of hydrogen-bond acceptors (Lipinski definition) is 6. The summed E-state index contributed by atoms with van der Waals surface area (Å²) >= 11 is 0. The molecule has 0 aliphatic carbocycles. The maximum Gasteiger partial charge on any atom is 0.255 e. The molecule has 7 nitrogen and oxygen atoms in total. The van der Waals surface area contributed by atoms with Crippen LogP contribution in [0.15, 0.2) is 53.1 Å². The Balaban J connectivity index is 1.31. The van der Waals surface area contributed by atoms with Crippen LogP contribution in [0.4, 0.5) is 0 Å². The van der Waals surface area contributed by atoms with Crippen molar-refractivity contribution in [3.63, 3.8) is 0 Å². The van der Waals surface area contributed by atoms with E-state index in [0.717, 1.165) is 55.1 Å². The van der Waals surface area contributed by atoms with Crippen molar-refractivity contribution in [3.8, 4) is 5.75 Å². The van der Waals surface area contributed by atoms with Gasteiger partial charge in [-0.15, -0.1) is 0 Å². The van der Waals surface area contributed by atoms with Gasteiger partial charge in [-0.3, -0.25) is 9.69 Å². The first-order valence-corrected chi connectivity index (χ1v) is 11.4. The highest BCUT2D eigenvalue weighted by atomic mass is 16.5. The standard InChI is InChI=1S/C26H31N3O4/c1-18-24(19(2)33-28-18)17-32-25-6-4-3-5-23(25)26(31)27-15-20-7-9-21(10-8-20)16-29-13-11-22(30)12-14-29/h3-10,22,30H,11-17H2,1-2H3,(H,27,31). The van der Waals surface area contributed by atoms with Gasteiger partial charge in [0, 0.05) is 26.2 Å². The zero-order valence-electron chi connectivity index (χ0n) is 19.2. The maximum atomic E-state index is 12.8. The molecule has 0 radical (unpaired) electrons. The molecule has 0 spiro atoms. The molecule has 2 heterocycles. The van der Waals surface area contributed by atoms with Crippen LogP contribution < -0.4 is 10.1 Å². The van der Waals surface area contributed by atoms with Gasteiger partial charge in [0.1, 0.15) is 18.1 Å². The smallest absolute Gasteiger partial charge is 0.255 e. The van der Waals surface area contributed by atoms with Crippen LogP contribution in [0.2, 0.25) is 0 Å². The van der Waals surface area contributed by atoms with Crippen molar-refractivity contribution in [2.24, 2.45) is 0 Å². The van der Waals surface area contributed by atoms with E-state index in [9.17, 15) is 9.90 Å². The fourth-order valence-electron chi connectivity index (χ4n) is 4.01. The van der Waals surface area contributed by atoms with E-state index < -0.39 is 0 Å². The average molecular weight is 450 g/mol. The van der Waals surface area contributed by atoms with Gasteiger partial charge in [0.25, 0.3) is 5.91 Å². The molecular weight excluding hydrogens is 418 g/mol. The second-order valence-corrected chi connectivity index (χ2v) is 8.59. The lowest BCUT2D eigenvalue weighted by Crippen LogP contribution is -2.35. The maximum absolute atomic E-state index is 12.8. The van der Waals surface area contributed by atoms with Gasteiger partial charge in [-0.25, -0.2) is 0 Å². The van der Waals surface area contributed by atoms with Gasteiger partial charge >= 0.3 is 0 Å². The summed E-state index contributed by atoms with van der Waals surface area (Å²) in [6.45, 7) is 7.19.